The first-order valence-electron chi connectivity index (χ1n) is 3.36. The van der Waals surface area contributed by atoms with Crippen LogP contribution in [0, 0.1) is 5.41 Å². The lowest BCUT2D eigenvalue weighted by atomic mass is 9.87. The third kappa shape index (κ3) is 4.35. The van der Waals surface area contributed by atoms with Crippen molar-refractivity contribution >= 4 is 47.8 Å². The lowest BCUT2D eigenvalue weighted by molar-refractivity contribution is 0.358. The van der Waals surface area contributed by atoms with Crippen molar-refractivity contribution in [3.63, 3.8) is 0 Å². The summed E-state index contributed by atoms with van der Waals surface area (Å²) in [4.78, 5) is 0. The third-order valence-electron chi connectivity index (χ3n) is 1.72. The van der Waals surface area contributed by atoms with Crippen LogP contribution in [0.1, 0.15) is 19.8 Å². The fourth-order valence-electron chi connectivity index (χ4n) is 0.715. The van der Waals surface area contributed by atoms with Crippen molar-refractivity contribution in [1.82, 2.24) is 0 Å². The van der Waals surface area contributed by atoms with E-state index in [1.807, 2.05) is 0 Å². The van der Waals surface area contributed by atoms with Gasteiger partial charge in [0.05, 0.1) is 0 Å². The Morgan fingerprint density at radius 2 is 1.40 bits per heavy atom. The molecule has 0 saturated carbocycles. The van der Waals surface area contributed by atoms with Gasteiger partial charge in [-0.3, -0.25) is 0 Å². The van der Waals surface area contributed by atoms with Crippen LogP contribution in [-0.2, 0) is 0 Å². The predicted octanol–water partition coefficient (Wildman–Crippen LogP) is 3.96. The van der Waals surface area contributed by atoms with Crippen LogP contribution < -0.4 is 0 Å². The van der Waals surface area contributed by atoms with E-state index >= 15 is 0 Å². The monoisotopic (exact) mass is 334 g/mol. The highest BCUT2D eigenvalue weighted by Gasteiger charge is 2.20. The second-order valence-corrected chi connectivity index (χ2v) is 4.97. The second kappa shape index (κ2) is 6.01. The minimum atomic E-state index is 0.465. The Hall–Kier alpha value is 1.44. The summed E-state index contributed by atoms with van der Waals surface area (Å²) in [5.41, 5.74) is 0.465. The zero-order chi connectivity index (χ0) is 8.04. The molecule has 0 heterocycles. The van der Waals surface area contributed by atoms with Gasteiger partial charge >= 0.3 is 0 Å². The number of rotatable bonds is 5. The third-order valence-corrected chi connectivity index (χ3v) is 3.87. The molecule has 0 spiro atoms. The van der Waals surface area contributed by atoms with E-state index in [0.717, 1.165) is 16.0 Å². The Morgan fingerprint density at radius 3 is 1.60 bits per heavy atom. The van der Waals surface area contributed by atoms with Gasteiger partial charge in [0, 0.05) is 16.0 Å². The summed E-state index contributed by atoms with van der Waals surface area (Å²) in [6.07, 6.45) is 2.48. The SMILES string of the molecule is CC(CBr)(CCBr)CCBr. The van der Waals surface area contributed by atoms with E-state index in [-0.39, 0.29) is 0 Å². The van der Waals surface area contributed by atoms with Crippen LogP contribution in [-0.4, -0.2) is 16.0 Å². The molecule has 0 aliphatic carbocycles. The van der Waals surface area contributed by atoms with Gasteiger partial charge in [0.1, 0.15) is 0 Å². The first kappa shape index (κ1) is 11.4. The highest BCUT2D eigenvalue weighted by Crippen LogP contribution is 2.29. The molecule has 10 heavy (non-hydrogen) atoms. The Bertz CT molecular complexity index is 76.9. The summed E-state index contributed by atoms with van der Waals surface area (Å²) in [6.45, 7) is 2.31. The van der Waals surface area contributed by atoms with Crippen molar-refractivity contribution in [1.29, 1.82) is 0 Å². The molecule has 0 aromatic heterocycles. The molecule has 0 radical (unpaired) electrons. The van der Waals surface area contributed by atoms with Gasteiger partial charge in [-0.25, -0.2) is 0 Å². The summed E-state index contributed by atoms with van der Waals surface area (Å²) in [5.74, 6) is 0. The van der Waals surface area contributed by atoms with Crippen LogP contribution >= 0.6 is 47.8 Å². The molecular weight excluding hydrogens is 324 g/mol. The lowest BCUT2D eigenvalue weighted by Crippen LogP contribution is -2.19. The molecular formula is C7H13Br3. The molecule has 62 valence electrons. The quantitative estimate of drug-likeness (QED) is 0.667. The van der Waals surface area contributed by atoms with Crippen molar-refractivity contribution in [2.45, 2.75) is 19.8 Å². The van der Waals surface area contributed by atoms with Crippen LogP contribution in [0.4, 0.5) is 0 Å². The average molecular weight is 337 g/mol. The Morgan fingerprint density at radius 1 is 1.00 bits per heavy atom. The van der Waals surface area contributed by atoms with E-state index in [1.165, 1.54) is 12.8 Å². The Labute approximate surface area is 88.5 Å². The number of halogens is 3. The van der Waals surface area contributed by atoms with Gasteiger partial charge in [-0.2, -0.15) is 0 Å². The largest absolute Gasteiger partial charge is 0.0928 e. The summed E-state index contributed by atoms with van der Waals surface area (Å²) in [7, 11) is 0. The lowest BCUT2D eigenvalue weighted by Gasteiger charge is -2.25. The molecule has 0 aromatic carbocycles. The molecule has 0 unspecified atom stereocenters. The van der Waals surface area contributed by atoms with Crippen molar-refractivity contribution in [3.05, 3.63) is 0 Å². The molecule has 0 bridgehead atoms. The van der Waals surface area contributed by atoms with Crippen LogP contribution in [0.3, 0.4) is 0 Å². The summed E-state index contributed by atoms with van der Waals surface area (Å²) in [5, 5.41) is 3.29. The average Bonchev–Trinajstić information content (AvgIpc) is 1.89. The van der Waals surface area contributed by atoms with Crippen molar-refractivity contribution in [2.75, 3.05) is 16.0 Å². The maximum atomic E-state index is 3.53. The predicted molar refractivity (Wildman–Crippen MR) is 58.7 cm³/mol. The van der Waals surface area contributed by atoms with Gasteiger partial charge in [-0.1, -0.05) is 54.7 Å². The molecule has 0 aliphatic heterocycles. The Balaban J connectivity index is 3.69. The molecule has 0 atom stereocenters. The number of alkyl halides is 3. The van der Waals surface area contributed by atoms with E-state index in [1.54, 1.807) is 0 Å². The molecule has 3 heteroatoms. The maximum Gasteiger partial charge on any atom is 0.00859 e. The Kier molecular flexibility index (Phi) is 6.88. The summed E-state index contributed by atoms with van der Waals surface area (Å²) >= 11 is 10.5. The minimum absolute atomic E-state index is 0.465. The normalized spacial score (nSPS) is 12.0. The first-order chi connectivity index (χ1) is 4.68. The van der Waals surface area contributed by atoms with Crippen molar-refractivity contribution in [3.8, 4) is 0 Å². The molecule has 0 nitrogen and oxygen atoms in total. The number of hydrogen-bond donors (Lipinski definition) is 0. The van der Waals surface area contributed by atoms with Crippen molar-refractivity contribution < 1.29 is 0 Å². The second-order valence-electron chi connectivity index (χ2n) is 2.82. The maximum absolute atomic E-state index is 3.53. The smallest absolute Gasteiger partial charge is 0.00859 e. The zero-order valence-electron chi connectivity index (χ0n) is 6.17. The van der Waals surface area contributed by atoms with E-state index in [9.17, 15) is 0 Å². The van der Waals surface area contributed by atoms with Gasteiger partial charge in [0.25, 0.3) is 0 Å². The molecule has 0 saturated heterocycles. The first-order valence-corrected chi connectivity index (χ1v) is 6.73. The van der Waals surface area contributed by atoms with Gasteiger partial charge in [0.2, 0.25) is 0 Å². The van der Waals surface area contributed by atoms with Gasteiger partial charge < -0.3 is 0 Å². The molecule has 0 aromatic rings. The fourth-order valence-corrected chi connectivity index (χ4v) is 3.19. The van der Waals surface area contributed by atoms with Crippen LogP contribution in [0.2, 0.25) is 0 Å². The summed E-state index contributed by atoms with van der Waals surface area (Å²) < 4.78 is 0. The van der Waals surface area contributed by atoms with Crippen LogP contribution in [0.25, 0.3) is 0 Å². The zero-order valence-corrected chi connectivity index (χ0v) is 10.9. The van der Waals surface area contributed by atoms with E-state index < -0.39 is 0 Å². The van der Waals surface area contributed by atoms with Gasteiger partial charge in [-0.15, -0.1) is 0 Å². The van der Waals surface area contributed by atoms with E-state index in [2.05, 4.69) is 54.7 Å². The standard InChI is InChI=1S/C7H13Br3/c1-7(6-10,2-4-8)3-5-9/h2-6H2,1H3. The highest BCUT2D eigenvalue weighted by molar-refractivity contribution is 9.09. The highest BCUT2D eigenvalue weighted by atomic mass is 79.9. The van der Waals surface area contributed by atoms with Crippen LogP contribution in [0.5, 0.6) is 0 Å². The fraction of sp³-hybridized carbons (Fsp3) is 1.00. The minimum Gasteiger partial charge on any atom is -0.0928 e. The molecule has 0 N–H and O–H groups in total. The molecule has 0 fully saturated rings. The topological polar surface area (TPSA) is 0 Å². The van der Waals surface area contributed by atoms with E-state index in [4.69, 9.17) is 0 Å². The van der Waals surface area contributed by atoms with Crippen molar-refractivity contribution in [2.24, 2.45) is 5.41 Å². The van der Waals surface area contributed by atoms with E-state index in [0.29, 0.717) is 5.41 Å². The molecule has 0 amide bonds. The molecule has 0 rings (SSSR count). The number of hydrogen-bond acceptors (Lipinski definition) is 0. The van der Waals surface area contributed by atoms with Crippen LogP contribution in [0.15, 0.2) is 0 Å². The van der Waals surface area contributed by atoms with Gasteiger partial charge in [-0.05, 0) is 18.3 Å². The van der Waals surface area contributed by atoms with Gasteiger partial charge in [0.15, 0.2) is 0 Å². The molecule has 0 aliphatic rings. The summed E-state index contributed by atoms with van der Waals surface area (Å²) in [6, 6.07) is 0.